The second-order valence-electron chi connectivity index (χ2n) is 3.43. The predicted molar refractivity (Wildman–Crippen MR) is 53.3 cm³/mol. The van der Waals surface area contributed by atoms with Gasteiger partial charge in [0.1, 0.15) is 0 Å². The minimum atomic E-state index is -0.181. The molecule has 1 fully saturated rings. The van der Waals surface area contributed by atoms with Crippen molar-refractivity contribution in [3.63, 3.8) is 0 Å². The van der Waals surface area contributed by atoms with Gasteiger partial charge in [0.25, 0.3) is 11.1 Å². The van der Waals surface area contributed by atoms with Gasteiger partial charge in [-0.2, -0.15) is 0 Å². The first-order valence-corrected chi connectivity index (χ1v) is 5.04. The lowest BCUT2D eigenvalue weighted by atomic mass is 10.1. The Labute approximate surface area is 82.2 Å². The Morgan fingerprint density at radius 1 is 1.46 bits per heavy atom. The van der Waals surface area contributed by atoms with Crippen LogP contribution in [0, 0.1) is 5.92 Å². The molecule has 0 aromatic heterocycles. The van der Waals surface area contributed by atoms with E-state index in [1.54, 1.807) is 0 Å². The van der Waals surface area contributed by atoms with Crippen LogP contribution >= 0.6 is 11.8 Å². The minimum Gasteiger partial charge on any atom is -0.272 e. The van der Waals surface area contributed by atoms with Gasteiger partial charge in [0.2, 0.25) is 0 Å². The van der Waals surface area contributed by atoms with E-state index in [1.807, 2.05) is 6.08 Å². The number of nitrogens with zero attached hydrogens (tertiary/aromatic N) is 1. The molecule has 1 aliphatic heterocycles. The third-order valence-electron chi connectivity index (χ3n) is 1.76. The highest BCUT2D eigenvalue weighted by molar-refractivity contribution is 8.18. The second-order valence-corrected chi connectivity index (χ2v) is 4.42. The molecule has 0 bridgehead atoms. The highest BCUT2D eigenvalue weighted by Crippen LogP contribution is 2.29. The van der Waals surface area contributed by atoms with E-state index in [1.165, 1.54) is 7.05 Å². The standard InChI is InChI=1S/C9H13NO2S/c1-6(2)4-5-7-8(11)10(3)9(12)13-7/h5-6H,4H2,1-3H3. The molecular weight excluding hydrogens is 186 g/mol. The monoisotopic (exact) mass is 199 g/mol. The Bertz CT molecular complexity index is 271. The van der Waals surface area contributed by atoms with Gasteiger partial charge in [-0.3, -0.25) is 14.5 Å². The van der Waals surface area contributed by atoms with Gasteiger partial charge >= 0.3 is 0 Å². The normalized spacial score (nSPS) is 20.9. The molecule has 0 N–H and O–H groups in total. The molecular formula is C9H13NO2S. The van der Waals surface area contributed by atoms with Crippen LogP contribution in [-0.4, -0.2) is 23.1 Å². The van der Waals surface area contributed by atoms with E-state index in [2.05, 4.69) is 13.8 Å². The average molecular weight is 199 g/mol. The van der Waals surface area contributed by atoms with Crippen molar-refractivity contribution in [2.75, 3.05) is 7.05 Å². The van der Waals surface area contributed by atoms with Crippen molar-refractivity contribution < 1.29 is 9.59 Å². The van der Waals surface area contributed by atoms with E-state index in [0.717, 1.165) is 23.1 Å². The summed E-state index contributed by atoms with van der Waals surface area (Å²) >= 11 is 1.02. The summed E-state index contributed by atoms with van der Waals surface area (Å²) < 4.78 is 0. The van der Waals surface area contributed by atoms with Crippen LogP contribution in [0.4, 0.5) is 4.79 Å². The largest absolute Gasteiger partial charge is 0.293 e. The lowest BCUT2D eigenvalue weighted by Gasteiger charge is -2.01. The number of amides is 2. The number of allylic oxidation sites excluding steroid dienone is 1. The van der Waals surface area contributed by atoms with Gasteiger partial charge in [0.05, 0.1) is 4.91 Å². The molecule has 1 rings (SSSR count). The molecule has 0 aromatic carbocycles. The molecule has 1 aliphatic rings. The SMILES string of the molecule is CC(C)CC=C1SC(=O)N(C)C1=O. The van der Waals surface area contributed by atoms with Crippen LogP contribution in [0.15, 0.2) is 11.0 Å². The summed E-state index contributed by atoms with van der Waals surface area (Å²) in [6.45, 7) is 4.15. The van der Waals surface area contributed by atoms with Crippen LogP contribution in [0.3, 0.4) is 0 Å². The number of rotatable bonds is 2. The van der Waals surface area contributed by atoms with E-state index in [-0.39, 0.29) is 11.1 Å². The Hall–Kier alpha value is -0.770. The van der Waals surface area contributed by atoms with Crippen LogP contribution in [-0.2, 0) is 4.79 Å². The molecule has 0 spiro atoms. The van der Waals surface area contributed by atoms with Crippen molar-refractivity contribution in [3.8, 4) is 0 Å². The Morgan fingerprint density at radius 2 is 2.08 bits per heavy atom. The fraction of sp³-hybridized carbons (Fsp3) is 0.556. The predicted octanol–water partition coefficient (Wildman–Crippen LogP) is 2.24. The molecule has 13 heavy (non-hydrogen) atoms. The number of hydrogen-bond donors (Lipinski definition) is 0. The summed E-state index contributed by atoms with van der Waals surface area (Å²) in [6, 6.07) is 0. The van der Waals surface area contributed by atoms with Crippen LogP contribution in [0.2, 0.25) is 0 Å². The summed E-state index contributed by atoms with van der Waals surface area (Å²) in [6.07, 6.45) is 2.69. The van der Waals surface area contributed by atoms with Gasteiger partial charge in [0.15, 0.2) is 0 Å². The van der Waals surface area contributed by atoms with Crippen molar-refractivity contribution in [2.45, 2.75) is 20.3 Å². The molecule has 2 amide bonds. The lowest BCUT2D eigenvalue weighted by molar-refractivity contribution is -0.121. The van der Waals surface area contributed by atoms with Gasteiger partial charge < -0.3 is 0 Å². The maximum Gasteiger partial charge on any atom is 0.293 e. The smallest absolute Gasteiger partial charge is 0.272 e. The second kappa shape index (κ2) is 3.96. The fourth-order valence-corrected chi connectivity index (χ4v) is 1.74. The molecule has 0 unspecified atom stereocenters. The van der Waals surface area contributed by atoms with E-state index in [0.29, 0.717) is 10.8 Å². The summed E-state index contributed by atoms with van der Waals surface area (Å²) in [7, 11) is 1.51. The molecule has 0 atom stereocenters. The van der Waals surface area contributed by atoms with Crippen LogP contribution in [0.1, 0.15) is 20.3 Å². The number of hydrogen-bond acceptors (Lipinski definition) is 3. The van der Waals surface area contributed by atoms with Crippen LogP contribution < -0.4 is 0 Å². The van der Waals surface area contributed by atoms with Gasteiger partial charge in [-0.15, -0.1) is 0 Å². The third kappa shape index (κ3) is 2.34. The summed E-state index contributed by atoms with van der Waals surface area (Å²) in [5.41, 5.74) is 0. The maximum absolute atomic E-state index is 11.3. The van der Waals surface area contributed by atoms with Crippen molar-refractivity contribution in [3.05, 3.63) is 11.0 Å². The molecule has 72 valence electrons. The van der Waals surface area contributed by atoms with Crippen LogP contribution in [0.5, 0.6) is 0 Å². The Morgan fingerprint density at radius 3 is 2.46 bits per heavy atom. The van der Waals surface area contributed by atoms with Crippen LogP contribution in [0.25, 0.3) is 0 Å². The molecule has 1 heterocycles. The minimum absolute atomic E-state index is 0.171. The van der Waals surface area contributed by atoms with Gasteiger partial charge in [-0.05, 0) is 24.1 Å². The molecule has 0 aliphatic carbocycles. The zero-order valence-electron chi connectivity index (χ0n) is 8.03. The van der Waals surface area contributed by atoms with Gasteiger partial charge in [-0.1, -0.05) is 19.9 Å². The number of imide groups is 1. The molecule has 0 saturated carbocycles. The summed E-state index contributed by atoms with van der Waals surface area (Å²) in [4.78, 5) is 24.1. The summed E-state index contributed by atoms with van der Waals surface area (Å²) in [5, 5.41) is -0.181. The van der Waals surface area contributed by atoms with Gasteiger partial charge in [0, 0.05) is 7.05 Å². The molecule has 1 saturated heterocycles. The quantitative estimate of drug-likeness (QED) is 0.640. The zero-order valence-corrected chi connectivity index (χ0v) is 8.85. The van der Waals surface area contributed by atoms with Crippen molar-refractivity contribution in [1.29, 1.82) is 0 Å². The first kappa shape index (κ1) is 10.3. The van der Waals surface area contributed by atoms with Crippen molar-refractivity contribution in [1.82, 2.24) is 4.90 Å². The lowest BCUT2D eigenvalue weighted by Crippen LogP contribution is -2.22. The number of carbonyl (C=O) groups excluding carboxylic acids is 2. The highest BCUT2D eigenvalue weighted by atomic mass is 32.2. The van der Waals surface area contributed by atoms with Gasteiger partial charge in [-0.25, -0.2) is 0 Å². The average Bonchev–Trinajstić information content (AvgIpc) is 2.29. The first-order valence-electron chi connectivity index (χ1n) is 4.22. The molecule has 3 nitrogen and oxygen atoms in total. The number of carbonyl (C=O) groups is 2. The third-order valence-corrected chi connectivity index (χ3v) is 2.77. The highest BCUT2D eigenvalue weighted by Gasteiger charge is 2.31. The Kier molecular flexibility index (Phi) is 3.14. The maximum atomic E-state index is 11.3. The molecule has 0 radical (unpaired) electrons. The topological polar surface area (TPSA) is 37.4 Å². The number of likely N-dealkylation sites (N-methyl/N-ethyl adjacent to an activating group) is 1. The van der Waals surface area contributed by atoms with E-state index >= 15 is 0 Å². The summed E-state index contributed by atoms with van der Waals surface area (Å²) in [5.74, 6) is 0.345. The zero-order chi connectivity index (χ0) is 10.0. The van der Waals surface area contributed by atoms with Crippen molar-refractivity contribution in [2.24, 2.45) is 5.92 Å². The van der Waals surface area contributed by atoms with Crippen molar-refractivity contribution >= 4 is 22.9 Å². The Balaban J connectivity index is 2.68. The van der Waals surface area contributed by atoms with E-state index in [4.69, 9.17) is 0 Å². The molecule has 0 aromatic rings. The van der Waals surface area contributed by atoms with E-state index < -0.39 is 0 Å². The first-order chi connectivity index (χ1) is 6.02. The fourth-order valence-electron chi connectivity index (χ4n) is 0.926. The molecule has 4 heteroatoms. The van der Waals surface area contributed by atoms with E-state index in [9.17, 15) is 9.59 Å². The number of thioether (sulfide) groups is 1.